The average Bonchev–Trinajstić information content (AvgIpc) is 2.98. The number of benzene rings is 4. The van der Waals surface area contributed by atoms with Crippen LogP contribution in [0.4, 0.5) is 0 Å². The zero-order chi connectivity index (χ0) is 30.9. The zero-order valence-electron chi connectivity index (χ0n) is 24.5. The fourth-order valence-electron chi connectivity index (χ4n) is 3.81. The van der Waals surface area contributed by atoms with Gasteiger partial charge in [0.05, 0.1) is 0 Å². The molecular weight excluding hydrogens is 587 g/mol. The van der Waals surface area contributed by atoms with Crippen LogP contribution in [0, 0.1) is 6.92 Å². The van der Waals surface area contributed by atoms with E-state index < -0.39 is 5.97 Å². The predicted octanol–water partition coefficient (Wildman–Crippen LogP) is 9.92. The molecule has 222 valence electrons. The number of ketones is 1. The molecule has 7 heteroatoms. The number of carboxylic acids is 1. The molecule has 0 fully saturated rings. The van der Waals surface area contributed by atoms with Gasteiger partial charge in [-0.1, -0.05) is 104 Å². The molecule has 0 unspecified atom stereocenters. The van der Waals surface area contributed by atoms with Crippen LogP contribution in [0.2, 0.25) is 10.0 Å². The number of ether oxygens (including phenoxy) is 1. The molecule has 0 saturated carbocycles. The maximum absolute atomic E-state index is 10.8. The Balaban J connectivity index is 0.000000229. The van der Waals surface area contributed by atoms with Crippen LogP contribution >= 0.6 is 35.0 Å². The van der Waals surface area contributed by atoms with Crippen LogP contribution in [0.15, 0.2) is 102 Å². The van der Waals surface area contributed by atoms with Crippen LogP contribution < -0.4 is 4.74 Å². The Hall–Kier alpha value is -3.25. The molecule has 1 N–H and O–H groups in total. The monoisotopic (exact) mass is 624 g/mol. The van der Waals surface area contributed by atoms with E-state index in [1.54, 1.807) is 30.8 Å². The normalized spacial score (nSPS) is 10.2. The minimum absolute atomic E-state index is 0.181. The maximum Gasteiger partial charge on any atom is 0.341 e. The number of carbonyl (C=O) groups is 2. The lowest BCUT2D eigenvalue weighted by Gasteiger charge is -2.11. The fraction of sp³-hybridized carbons (Fsp3) is 0.257. The Morgan fingerprint density at radius 2 is 1.48 bits per heavy atom. The number of hydrogen-bond donors (Lipinski definition) is 1. The van der Waals surface area contributed by atoms with Crippen molar-refractivity contribution in [2.75, 3.05) is 12.4 Å². The van der Waals surface area contributed by atoms with Crippen molar-refractivity contribution in [3.05, 3.63) is 129 Å². The van der Waals surface area contributed by atoms with Crippen molar-refractivity contribution in [3.8, 4) is 5.75 Å². The summed E-state index contributed by atoms with van der Waals surface area (Å²) in [5.41, 5.74) is 4.78. The third kappa shape index (κ3) is 13.2. The van der Waals surface area contributed by atoms with Crippen LogP contribution in [0.1, 0.15) is 55.4 Å². The Kier molecular flexibility index (Phi) is 15.8. The maximum atomic E-state index is 10.8. The summed E-state index contributed by atoms with van der Waals surface area (Å²) in [6.07, 6.45) is 1.51. The second-order valence-electron chi connectivity index (χ2n) is 9.54. The lowest BCUT2D eigenvalue weighted by Crippen LogP contribution is -2.10. The third-order valence-electron chi connectivity index (χ3n) is 6.22. The van der Waals surface area contributed by atoms with Crippen molar-refractivity contribution < 1.29 is 19.4 Å². The van der Waals surface area contributed by atoms with Crippen molar-refractivity contribution in [2.45, 2.75) is 51.3 Å². The summed E-state index contributed by atoms with van der Waals surface area (Å²) < 4.78 is 5.13. The first-order valence-corrected chi connectivity index (χ1v) is 15.5. The van der Waals surface area contributed by atoms with Gasteiger partial charge in [-0.2, -0.15) is 0 Å². The molecule has 0 aliphatic heterocycles. The molecule has 0 saturated heterocycles. The number of aryl methyl sites for hydroxylation is 2. The van der Waals surface area contributed by atoms with E-state index >= 15 is 0 Å². The number of carbonyl (C=O) groups excluding carboxylic acids is 1. The molecule has 4 rings (SSSR count). The molecule has 0 spiro atoms. The Morgan fingerprint density at radius 1 is 0.881 bits per heavy atom. The SMILES string of the molecule is CC(=O)CCSc1ccc(OCC(=O)O)c(C)c1.CC(c1ccccc1)c1ccccc1.CCc1ccc(Cl)cc1Cl. The van der Waals surface area contributed by atoms with Crippen molar-refractivity contribution in [2.24, 2.45) is 0 Å². The quantitative estimate of drug-likeness (QED) is 0.178. The molecule has 0 aliphatic carbocycles. The van der Waals surface area contributed by atoms with Gasteiger partial charge in [0.25, 0.3) is 0 Å². The van der Waals surface area contributed by atoms with Crippen molar-refractivity contribution in [1.29, 1.82) is 0 Å². The lowest BCUT2D eigenvalue weighted by molar-refractivity contribution is -0.139. The molecule has 4 aromatic carbocycles. The molecule has 0 amide bonds. The van der Waals surface area contributed by atoms with E-state index in [4.69, 9.17) is 33.0 Å². The molecule has 42 heavy (non-hydrogen) atoms. The molecular formula is C35H38Cl2O4S. The van der Waals surface area contributed by atoms with Gasteiger partial charge in [0.1, 0.15) is 11.5 Å². The summed E-state index contributed by atoms with van der Waals surface area (Å²) >= 11 is 13.1. The molecule has 0 bridgehead atoms. The second-order valence-corrected chi connectivity index (χ2v) is 11.6. The minimum Gasteiger partial charge on any atom is -0.482 e. The highest BCUT2D eigenvalue weighted by atomic mass is 35.5. The van der Waals surface area contributed by atoms with Gasteiger partial charge in [0.2, 0.25) is 0 Å². The Labute approximate surface area is 264 Å². The Bertz CT molecular complexity index is 1360. The van der Waals surface area contributed by atoms with Gasteiger partial charge in [-0.05, 0) is 72.9 Å². The molecule has 0 aromatic heterocycles. The zero-order valence-corrected chi connectivity index (χ0v) is 26.8. The van der Waals surface area contributed by atoms with Gasteiger partial charge >= 0.3 is 5.97 Å². The molecule has 0 heterocycles. The van der Waals surface area contributed by atoms with E-state index in [1.165, 1.54) is 11.1 Å². The number of aliphatic carboxylic acids is 1. The first kappa shape index (κ1) is 34.9. The van der Waals surface area contributed by atoms with Gasteiger partial charge in [0.15, 0.2) is 6.61 Å². The molecule has 4 nitrogen and oxygen atoms in total. The van der Waals surface area contributed by atoms with E-state index in [9.17, 15) is 9.59 Å². The van der Waals surface area contributed by atoms with Crippen LogP contribution in [0.5, 0.6) is 5.75 Å². The Morgan fingerprint density at radius 3 is 1.95 bits per heavy atom. The van der Waals surface area contributed by atoms with Gasteiger partial charge in [-0.15, -0.1) is 11.8 Å². The van der Waals surface area contributed by atoms with Crippen molar-refractivity contribution >= 4 is 46.7 Å². The highest BCUT2D eigenvalue weighted by molar-refractivity contribution is 7.99. The smallest absolute Gasteiger partial charge is 0.341 e. The minimum atomic E-state index is -0.991. The van der Waals surface area contributed by atoms with Crippen LogP contribution in [0.25, 0.3) is 0 Å². The fourth-order valence-corrected chi connectivity index (χ4v) is 5.40. The van der Waals surface area contributed by atoms with E-state index in [-0.39, 0.29) is 12.4 Å². The summed E-state index contributed by atoms with van der Waals surface area (Å²) in [5.74, 6) is 1.00. The van der Waals surface area contributed by atoms with Crippen LogP contribution in [0.3, 0.4) is 0 Å². The summed E-state index contributed by atoms with van der Waals surface area (Å²) in [6.45, 7) is 7.41. The van der Waals surface area contributed by atoms with E-state index in [0.29, 0.717) is 23.1 Å². The van der Waals surface area contributed by atoms with Crippen LogP contribution in [-0.2, 0) is 16.0 Å². The second kappa shape index (κ2) is 19.0. The standard InChI is InChI=1S/C14H14.C13H16O4S.C8H8Cl2/c1-12(13-8-4-2-5-9-13)14-10-6-3-7-11-14;1-9-7-11(18-6-5-10(2)14)3-4-12(9)17-8-13(15)16;1-2-6-3-4-7(9)5-8(6)10/h2-12H,1H3;3-4,7H,5-6,8H2,1-2H3,(H,15,16);3-5H,2H2,1H3. The summed E-state index contributed by atoms with van der Waals surface area (Å²) in [6, 6.07) is 32.3. The van der Waals surface area contributed by atoms with E-state index in [1.807, 2.05) is 31.2 Å². The third-order valence-corrected chi connectivity index (χ3v) is 7.80. The summed E-state index contributed by atoms with van der Waals surface area (Å²) in [5, 5.41) is 9.98. The largest absolute Gasteiger partial charge is 0.482 e. The van der Waals surface area contributed by atoms with Gasteiger partial charge in [0, 0.05) is 33.0 Å². The molecule has 0 atom stereocenters. The predicted molar refractivity (Wildman–Crippen MR) is 177 cm³/mol. The van der Waals surface area contributed by atoms with Crippen LogP contribution in [-0.4, -0.2) is 29.2 Å². The topological polar surface area (TPSA) is 63.6 Å². The first-order valence-electron chi connectivity index (χ1n) is 13.7. The van der Waals surface area contributed by atoms with Crippen molar-refractivity contribution in [1.82, 2.24) is 0 Å². The molecule has 0 aliphatic rings. The number of rotatable bonds is 10. The number of hydrogen-bond acceptors (Lipinski definition) is 4. The number of Topliss-reactive ketones (excluding diaryl/α,β-unsaturated/α-hetero) is 1. The van der Waals surface area contributed by atoms with Gasteiger partial charge in [-0.3, -0.25) is 4.79 Å². The van der Waals surface area contributed by atoms with Gasteiger partial charge < -0.3 is 9.84 Å². The van der Waals surface area contributed by atoms with Gasteiger partial charge in [-0.25, -0.2) is 4.79 Å². The molecule has 0 radical (unpaired) electrons. The summed E-state index contributed by atoms with van der Waals surface area (Å²) in [4.78, 5) is 22.3. The lowest BCUT2D eigenvalue weighted by atomic mass is 9.93. The number of carboxylic acid groups (broad SMARTS) is 1. The van der Waals surface area contributed by atoms with E-state index in [0.717, 1.165) is 33.2 Å². The number of halogens is 2. The average molecular weight is 626 g/mol. The first-order chi connectivity index (χ1) is 20.1. The van der Waals surface area contributed by atoms with E-state index in [2.05, 4.69) is 74.5 Å². The number of thioether (sulfide) groups is 1. The molecule has 4 aromatic rings. The highest BCUT2D eigenvalue weighted by Crippen LogP contribution is 2.26. The van der Waals surface area contributed by atoms with Crippen molar-refractivity contribution in [3.63, 3.8) is 0 Å². The highest BCUT2D eigenvalue weighted by Gasteiger charge is 2.06. The summed E-state index contributed by atoms with van der Waals surface area (Å²) in [7, 11) is 0.